The van der Waals surface area contributed by atoms with Crippen molar-refractivity contribution in [2.24, 2.45) is 0 Å². The Bertz CT molecular complexity index is 772. The molecule has 0 spiro atoms. The zero-order valence-corrected chi connectivity index (χ0v) is 16.6. The molecule has 0 atom stereocenters. The van der Waals surface area contributed by atoms with Gasteiger partial charge >= 0.3 is 0 Å². The van der Waals surface area contributed by atoms with Gasteiger partial charge in [0.1, 0.15) is 0 Å². The van der Waals surface area contributed by atoms with Crippen molar-refractivity contribution < 1.29 is 9.59 Å². The van der Waals surface area contributed by atoms with Gasteiger partial charge < -0.3 is 10.6 Å². The van der Waals surface area contributed by atoms with Gasteiger partial charge in [0.25, 0.3) is 5.91 Å². The molecule has 28 heavy (non-hydrogen) atoms. The number of likely N-dealkylation sites (tertiary alicyclic amines) is 1. The Balaban J connectivity index is 1.33. The fraction of sp³-hybridized carbons (Fsp3) is 0.364. The number of nitrogens with one attached hydrogen (secondary N) is 2. The summed E-state index contributed by atoms with van der Waals surface area (Å²) in [5.41, 5.74) is 1.84. The van der Waals surface area contributed by atoms with E-state index in [1.807, 2.05) is 54.6 Å². The van der Waals surface area contributed by atoms with Crippen LogP contribution in [0.5, 0.6) is 0 Å². The average molecular weight is 400 g/mol. The molecule has 1 saturated heterocycles. The molecule has 2 amide bonds. The molecule has 0 radical (unpaired) electrons. The summed E-state index contributed by atoms with van der Waals surface area (Å²) < 4.78 is 0. The lowest BCUT2D eigenvalue weighted by Gasteiger charge is -2.31. The lowest BCUT2D eigenvalue weighted by atomic mass is 10.0. The van der Waals surface area contributed by atoms with Crippen molar-refractivity contribution >= 4 is 23.4 Å². The maximum Gasteiger partial charge on any atom is 0.251 e. The molecule has 0 saturated carbocycles. The molecule has 2 aromatic rings. The second-order valence-corrected chi connectivity index (χ2v) is 7.55. The number of hydrogen-bond acceptors (Lipinski definition) is 3. The van der Waals surface area contributed by atoms with Crippen molar-refractivity contribution in [3.8, 4) is 0 Å². The number of carbonyl (C=O) groups excluding carboxylic acids is 2. The molecule has 0 unspecified atom stereocenters. The van der Waals surface area contributed by atoms with Crippen LogP contribution < -0.4 is 10.6 Å². The lowest BCUT2D eigenvalue weighted by Crippen LogP contribution is -2.47. The average Bonchev–Trinajstić information content (AvgIpc) is 2.71. The molecule has 0 bridgehead atoms. The van der Waals surface area contributed by atoms with E-state index in [0.29, 0.717) is 18.7 Å². The van der Waals surface area contributed by atoms with Crippen LogP contribution in [0.3, 0.4) is 0 Å². The maximum atomic E-state index is 12.2. The molecule has 1 fully saturated rings. The van der Waals surface area contributed by atoms with Gasteiger partial charge in [-0.3, -0.25) is 14.5 Å². The summed E-state index contributed by atoms with van der Waals surface area (Å²) in [7, 11) is 0. The first kappa shape index (κ1) is 20.4. The highest BCUT2D eigenvalue weighted by molar-refractivity contribution is 6.30. The molecule has 6 heteroatoms. The standard InChI is InChI=1S/C22H26ClN3O2/c23-19-8-6-17(7-9-19)10-13-24-21(27)16-26-14-11-20(12-15-26)25-22(28)18-4-2-1-3-5-18/h1-9,20H,10-16H2,(H,24,27)(H,25,28). The van der Waals surface area contributed by atoms with Crippen LogP contribution in [-0.4, -0.2) is 48.9 Å². The summed E-state index contributed by atoms with van der Waals surface area (Å²) in [5.74, 6) is 0.0136. The molecular formula is C22H26ClN3O2. The number of amides is 2. The Labute approximate surface area is 171 Å². The summed E-state index contributed by atoms with van der Waals surface area (Å²) in [4.78, 5) is 26.5. The third-order valence-corrected chi connectivity index (χ3v) is 5.23. The number of halogens is 1. The van der Waals surface area contributed by atoms with Crippen molar-refractivity contribution in [3.05, 3.63) is 70.7 Å². The number of benzene rings is 2. The summed E-state index contributed by atoms with van der Waals surface area (Å²) >= 11 is 5.88. The molecule has 2 N–H and O–H groups in total. The zero-order chi connectivity index (χ0) is 19.8. The van der Waals surface area contributed by atoms with Crippen molar-refractivity contribution in [3.63, 3.8) is 0 Å². The first-order valence-electron chi connectivity index (χ1n) is 9.69. The Morgan fingerprint density at radius 2 is 1.68 bits per heavy atom. The minimum atomic E-state index is -0.0287. The van der Waals surface area contributed by atoms with Crippen molar-refractivity contribution in [1.82, 2.24) is 15.5 Å². The number of carbonyl (C=O) groups is 2. The van der Waals surface area contributed by atoms with Crippen molar-refractivity contribution in [2.75, 3.05) is 26.2 Å². The fourth-order valence-electron chi connectivity index (χ4n) is 3.35. The lowest BCUT2D eigenvalue weighted by molar-refractivity contribution is -0.122. The van der Waals surface area contributed by atoms with Crippen LogP contribution in [0.1, 0.15) is 28.8 Å². The molecular weight excluding hydrogens is 374 g/mol. The number of rotatable bonds is 7. The van der Waals surface area contributed by atoms with Gasteiger partial charge in [-0.05, 0) is 49.1 Å². The molecule has 3 rings (SSSR count). The van der Waals surface area contributed by atoms with Gasteiger partial charge in [0, 0.05) is 36.3 Å². The smallest absolute Gasteiger partial charge is 0.251 e. The van der Waals surface area contributed by atoms with Crippen molar-refractivity contribution in [2.45, 2.75) is 25.3 Å². The van der Waals surface area contributed by atoms with Crippen LogP contribution in [0, 0.1) is 0 Å². The van der Waals surface area contributed by atoms with E-state index in [0.717, 1.165) is 42.9 Å². The molecule has 5 nitrogen and oxygen atoms in total. The molecule has 2 aromatic carbocycles. The van der Waals surface area contributed by atoms with E-state index in [4.69, 9.17) is 11.6 Å². The molecule has 1 aliphatic rings. The largest absolute Gasteiger partial charge is 0.355 e. The summed E-state index contributed by atoms with van der Waals surface area (Å²) in [6, 6.07) is 17.1. The molecule has 1 aliphatic heterocycles. The number of piperidine rings is 1. The van der Waals surface area contributed by atoms with Crippen LogP contribution in [-0.2, 0) is 11.2 Å². The van der Waals surface area contributed by atoms with E-state index in [-0.39, 0.29) is 17.9 Å². The maximum absolute atomic E-state index is 12.2. The Kier molecular flexibility index (Phi) is 7.46. The predicted molar refractivity (Wildman–Crippen MR) is 112 cm³/mol. The van der Waals surface area contributed by atoms with Gasteiger partial charge in [-0.15, -0.1) is 0 Å². The van der Waals surface area contributed by atoms with Gasteiger partial charge in [-0.2, -0.15) is 0 Å². The van der Waals surface area contributed by atoms with E-state index < -0.39 is 0 Å². The first-order chi connectivity index (χ1) is 13.6. The topological polar surface area (TPSA) is 61.4 Å². The van der Waals surface area contributed by atoms with Crippen molar-refractivity contribution in [1.29, 1.82) is 0 Å². The summed E-state index contributed by atoms with van der Waals surface area (Å²) in [5, 5.41) is 6.78. The van der Waals surface area contributed by atoms with Crippen LogP contribution in [0.15, 0.2) is 54.6 Å². The van der Waals surface area contributed by atoms with Gasteiger partial charge in [-0.25, -0.2) is 0 Å². The SMILES string of the molecule is O=C(CN1CCC(NC(=O)c2ccccc2)CC1)NCCc1ccc(Cl)cc1. The number of nitrogens with zero attached hydrogens (tertiary/aromatic N) is 1. The third-order valence-electron chi connectivity index (χ3n) is 4.98. The quantitative estimate of drug-likeness (QED) is 0.752. The summed E-state index contributed by atoms with van der Waals surface area (Å²) in [6.07, 6.45) is 2.50. The van der Waals surface area contributed by atoms with Crippen LogP contribution in [0.2, 0.25) is 5.02 Å². The Morgan fingerprint density at radius 3 is 2.36 bits per heavy atom. The van der Waals surface area contributed by atoms with Gasteiger partial charge in [0.2, 0.25) is 5.91 Å². The minimum absolute atomic E-state index is 0.0287. The van der Waals surface area contributed by atoms with E-state index in [1.165, 1.54) is 0 Å². The Morgan fingerprint density at radius 1 is 1.00 bits per heavy atom. The monoisotopic (exact) mass is 399 g/mol. The molecule has 1 heterocycles. The molecule has 148 valence electrons. The highest BCUT2D eigenvalue weighted by atomic mass is 35.5. The van der Waals surface area contributed by atoms with E-state index in [2.05, 4.69) is 15.5 Å². The minimum Gasteiger partial charge on any atom is -0.355 e. The summed E-state index contributed by atoms with van der Waals surface area (Å²) in [6.45, 7) is 2.64. The highest BCUT2D eigenvalue weighted by Crippen LogP contribution is 2.12. The molecule has 0 aromatic heterocycles. The van der Waals surface area contributed by atoms with Gasteiger partial charge in [0.05, 0.1) is 6.54 Å². The predicted octanol–water partition coefficient (Wildman–Crippen LogP) is 2.89. The zero-order valence-electron chi connectivity index (χ0n) is 15.9. The van der Waals surface area contributed by atoms with E-state index in [9.17, 15) is 9.59 Å². The van der Waals surface area contributed by atoms with Gasteiger partial charge in [0.15, 0.2) is 0 Å². The van der Waals surface area contributed by atoms with Crippen LogP contribution >= 0.6 is 11.6 Å². The second kappa shape index (κ2) is 10.2. The van der Waals surface area contributed by atoms with Crippen LogP contribution in [0.25, 0.3) is 0 Å². The number of hydrogen-bond donors (Lipinski definition) is 2. The third kappa shape index (κ3) is 6.36. The van der Waals surface area contributed by atoms with Gasteiger partial charge in [-0.1, -0.05) is 41.9 Å². The molecule has 0 aliphatic carbocycles. The normalized spacial score (nSPS) is 15.2. The van der Waals surface area contributed by atoms with Crippen LogP contribution in [0.4, 0.5) is 0 Å². The van der Waals surface area contributed by atoms with E-state index in [1.54, 1.807) is 0 Å². The second-order valence-electron chi connectivity index (χ2n) is 7.12. The first-order valence-corrected chi connectivity index (χ1v) is 10.1. The fourth-order valence-corrected chi connectivity index (χ4v) is 3.48. The Hall–Kier alpha value is -2.37. The highest BCUT2D eigenvalue weighted by Gasteiger charge is 2.22. The van der Waals surface area contributed by atoms with E-state index >= 15 is 0 Å².